The van der Waals surface area contributed by atoms with Crippen LogP contribution in [-0.4, -0.2) is 21.5 Å². The van der Waals surface area contributed by atoms with E-state index in [1.165, 1.54) is 6.39 Å². The average molecular weight is 325 g/mol. The molecule has 0 aliphatic heterocycles. The van der Waals surface area contributed by atoms with Gasteiger partial charge in [-0.3, -0.25) is 0 Å². The number of hydrogen-bond donors (Lipinski definition) is 2. The lowest BCUT2D eigenvalue weighted by Gasteiger charge is -2.14. The number of aryl methyl sites for hydroxylation is 1. The van der Waals surface area contributed by atoms with Gasteiger partial charge in [0.05, 0.1) is 23.4 Å². The summed E-state index contributed by atoms with van der Waals surface area (Å²) in [7, 11) is 0. The summed E-state index contributed by atoms with van der Waals surface area (Å²) in [6.45, 7) is 4.72. The molecule has 126 valence electrons. The fourth-order valence-electron chi connectivity index (χ4n) is 2.64. The highest BCUT2D eigenvalue weighted by Gasteiger charge is 2.15. The maximum atomic E-state index is 6.20. The maximum Gasteiger partial charge on any atom is 0.181 e. The van der Waals surface area contributed by atoms with E-state index in [4.69, 9.17) is 25.9 Å². The second kappa shape index (κ2) is 7.07. The average Bonchev–Trinajstić information content (AvgIpc) is 3.12. The highest BCUT2D eigenvalue weighted by atomic mass is 16.3. The van der Waals surface area contributed by atoms with E-state index in [0.29, 0.717) is 18.2 Å². The quantitative estimate of drug-likeness (QED) is 0.722. The standard InChI is InChI=1S/C18H23N5O/c1-11(2)3-6-17-22-15-5-4-12(16-9-21-10-24-16)7-13(15)18(23-17)14(20)8-19/h4-5,7,9-11,14H,3,6,8,19-20H2,1-2H3. The molecule has 0 radical (unpaired) electrons. The van der Waals surface area contributed by atoms with Crippen LogP contribution in [0.25, 0.3) is 22.2 Å². The third kappa shape index (κ3) is 3.44. The van der Waals surface area contributed by atoms with Gasteiger partial charge in [0.2, 0.25) is 0 Å². The molecule has 24 heavy (non-hydrogen) atoms. The summed E-state index contributed by atoms with van der Waals surface area (Å²) in [5, 5.41) is 0.912. The van der Waals surface area contributed by atoms with Crippen LogP contribution in [0.15, 0.2) is 35.2 Å². The minimum atomic E-state index is -0.321. The maximum absolute atomic E-state index is 6.20. The molecule has 4 N–H and O–H groups in total. The number of aromatic nitrogens is 3. The van der Waals surface area contributed by atoms with E-state index < -0.39 is 0 Å². The molecule has 3 aromatic rings. The molecule has 0 saturated carbocycles. The molecule has 1 atom stereocenters. The van der Waals surface area contributed by atoms with Crippen LogP contribution in [-0.2, 0) is 6.42 Å². The number of fused-ring (bicyclic) bond motifs is 1. The lowest BCUT2D eigenvalue weighted by Crippen LogP contribution is -2.23. The van der Waals surface area contributed by atoms with Crippen molar-refractivity contribution in [2.45, 2.75) is 32.7 Å². The summed E-state index contributed by atoms with van der Waals surface area (Å²) in [4.78, 5) is 13.4. The number of hydrogen-bond acceptors (Lipinski definition) is 6. The van der Waals surface area contributed by atoms with Crippen molar-refractivity contribution >= 4 is 10.9 Å². The predicted octanol–water partition coefficient (Wildman–Crippen LogP) is 2.83. The molecular formula is C18H23N5O. The van der Waals surface area contributed by atoms with Crippen LogP contribution in [0, 0.1) is 5.92 Å². The minimum absolute atomic E-state index is 0.321. The van der Waals surface area contributed by atoms with E-state index in [9.17, 15) is 0 Å². The van der Waals surface area contributed by atoms with Gasteiger partial charge in [0.15, 0.2) is 12.2 Å². The van der Waals surface area contributed by atoms with Gasteiger partial charge in [0.1, 0.15) is 5.82 Å². The fourth-order valence-corrected chi connectivity index (χ4v) is 2.64. The van der Waals surface area contributed by atoms with E-state index in [2.05, 4.69) is 18.8 Å². The largest absolute Gasteiger partial charge is 0.444 e. The summed E-state index contributed by atoms with van der Waals surface area (Å²) < 4.78 is 5.38. The fraction of sp³-hybridized carbons (Fsp3) is 0.389. The molecule has 3 rings (SSSR count). The molecule has 0 saturated heterocycles. The molecule has 0 bridgehead atoms. The van der Waals surface area contributed by atoms with Crippen LogP contribution in [0.3, 0.4) is 0 Å². The predicted molar refractivity (Wildman–Crippen MR) is 94.2 cm³/mol. The summed E-state index contributed by atoms with van der Waals surface area (Å²) in [6.07, 6.45) is 4.97. The molecule has 0 fully saturated rings. The monoisotopic (exact) mass is 325 g/mol. The Morgan fingerprint density at radius 1 is 1.21 bits per heavy atom. The first kappa shape index (κ1) is 16.5. The first-order chi connectivity index (χ1) is 11.6. The van der Waals surface area contributed by atoms with E-state index in [1.54, 1.807) is 6.20 Å². The normalized spacial score (nSPS) is 12.9. The Balaban J connectivity index is 2.09. The lowest BCUT2D eigenvalue weighted by molar-refractivity contribution is 0.571. The molecular weight excluding hydrogens is 302 g/mol. The Morgan fingerprint density at radius 2 is 2.04 bits per heavy atom. The zero-order valence-corrected chi connectivity index (χ0v) is 14.1. The van der Waals surface area contributed by atoms with E-state index in [1.807, 2.05) is 18.2 Å². The molecule has 2 aromatic heterocycles. The van der Waals surface area contributed by atoms with Gasteiger partial charge >= 0.3 is 0 Å². The van der Waals surface area contributed by atoms with Gasteiger partial charge in [-0.2, -0.15) is 0 Å². The molecule has 2 heterocycles. The highest BCUT2D eigenvalue weighted by Crippen LogP contribution is 2.27. The third-order valence-corrected chi connectivity index (χ3v) is 4.04. The third-order valence-electron chi connectivity index (χ3n) is 4.04. The topological polar surface area (TPSA) is 104 Å². The van der Waals surface area contributed by atoms with Gasteiger partial charge < -0.3 is 15.9 Å². The smallest absolute Gasteiger partial charge is 0.181 e. The summed E-state index contributed by atoms with van der Waals surface area (Å²) in [5.41, 5.74) is 14.6. The number of oxazole rings is 1. The van der Waals surface area contributed by atoms with E-state index in [-0.39, 0.29) is 6.04 Å². The first-order valence-electron chi connectivity index (χ1n) is 8.23. The van der Waals surface area contributed by atoms with Crippen LogP contribution < -0.4 is 11.5 Å². The highest BCUT2D eigenvalue weighted by molar-refractivity contribution is 5.85. The van der Waals surface area contributed by atoms with Crippen molar-refractivity contribution in [1.29, 1.82) is 0 Å². The van der Waals surface area contributed by atoms with Crippen molar-refractivity contribution in [1.82, 2.24) is 15.0 Å². The van der Waals surface area contributed by atoms with Crippen molar-refractivity contribution in [3.8, 4) is 11.3 Å². The van der Waals surface area contributed by atoms with Gasteiger partial charge in [-0.15, -0.1) is 0 Å². The number of nitrogens with zero attached hydrogens (tertiary/aromatic N) is 3. The summed E-state index contributed by atoms with van der Waals surface area (Å²) in [5.74, 6) is 2.13. The van der Waals surface area contributed by atoms with Crippen molar-refractivity contribution in [2.75, 3.05) is 6.54 Å². The second-order valence-corrected chi connectivity index (χ2v) is 6.40. The minimum Gasteiger partial charge on any atom is -0.444 e. The zero-order valence-electron chi connectivity index (χ0n) is 14.1. The summed E-state index contributed by atoms with van der Waals surface area (Å²) in [6, 6.07) is 5.62. The van der Waals surface area contributed by atoms with Crippen LogP contribution in [0.1, 0.15) is 37.8 Å². The SMILES string of the molecule is CC(C)CCc1nc(C(N)CN)c2cc(-c3cnco3)ccc2n1. The van der Waals surface area contributed by atoms with Crippen molar-refractivity contribution in [3.05, 3.63) is 42.3 Å². The molecule has 6 nitrogen and oxygen atoms in total. The molecule has 0 aliphatic rings. The molecule has 1 aromatic carbocycles. The van der Waals surface area contributed by atoms with Crippen molar-refractivity contribution in [3.63, 3.8) is 0 Å². The van der Waals surface area contributed by atoms with Crippen LogP contribution in [0.5, 0.6) is 0 Å². The van der Waals surface area contributed by atoms with Crippen LogP contribution in [0.4, 0.5) is 0 Å². The van der Waals surface area contributed by atoms with E-state index >= 15 is 0 Å². The van der Waals surface area contributed by atoms with Crippen LogP contribution >= 0.6 is 0 Å². The Bertz CT molecular complexity index is 814. The molecule has 0 amide bonds. The van der Waals surface area contributed by atoms with Gasteiger partial charge in [0.25, 0.3) is 0 Å². The molecule has 1 unspecified atom stereocenters. The Kier molecular flexibility index (Phi) is 4.87. The van der Waals surface area contributed by atoms with Gasteiger partial charge in [-0.1, -0.05) is 13.8 Å². The lowest BCUT2D eigenvalue weighted by atomic mass is 10.0. The number of benzene rings is 1. The number of nitrogens with two attached hydrogens (primary N) is 2. The molecule has 0 aliphatic carbocycles. The molecule has 6 heteroatoms. The zero-order chi connectivity index (χ0) is 17.1. The van der Waals surface area contributed by atoms with E-state index in [0.717, 1.165) is 40.8 Å². The van der Waals surface area contributed by atoms with Crippen molar-refractivity contribution < 1.29 is 4.42 Å². The van der Waals surface area contributed by atoms with Crippen molar-refractivity contribution in [2.24, 2.45) is 17.4 Å². The summed E-state index contributed by atoms with van der Waals surface area (Å²) >= 11 is 0. The first-order valence-corrected chi connectivity index (χ1v) is 8.23. The second-order valence-electron chi connectivity index (χ2n) is 6.40. The Labute approximate surface area is 141 Å². The Hall–Kier alpha value is -2.31. The number of rotatable bonds is 6. The van der Waals surface area contributed by atoms with Gasteiger partial charge in [-0.05, 0) is 30.5 Å². The van der Waals surface area contributed by atoms with Gasteiger partial charge in [-0.25, -0.2) is 15.0 Å². The van der Waals surface area contributed by atoms with Gasteiger partial charge in [0, 0.05) is 23.9 Å². The molecule has 0 spiro atoms. The van der Waals surface area contributed by atoms with Crippen LogP contribution in [0.2, 0.25) is 0 Å². The Morgan fingerprint density at radius 3 is 2.71 bits per heavy atom.